The van der Waals surface area contributed by atoms with E-state index in [2.05, 4.69) is 5.32 Å². The first-order chi connectivity index (χ1) is 12.2. The fourth-order valence-corrected chi connectivity index (χ4v) is 5.71. The minimum atomic E-state index is -3.67. The van der Waals surface area contributed by atoms with E-state index in [0.29, 0.717) is 22.5 Å². The van der Waals surface area contributed by atoms with Gasteiger partial charge in [-0.2, -0.15) is 11.8 Å². The minimum absolute atomic E-state index is 0.235. The molecule has 9 heteroatoms. The van der Waals surface area contributed by atoms with Gasteiger partial charge >= 0.3 is 0 Å². The lowest BCUT2D eigenvalue weighted by Gasteiger charge is -2.28. The Morgan fingerprint density at radius 1 is 1.31 bits per heavy atom. The molecule has 1 aliphatic rings. The van der Waals surface area contributed by atoms with E-state index < -0.39 is 16.1 Å². The summed E-state index contributed by atoms with van der Waals surface area (Å²) >= 11 is 13.8. The highest BCUT2D eigenvalue weighted by atomic mass is 35.5. The molecule has 0 radical (unpaired) electrons. The first-order valence-corrected chi connectivity index (χ1v) is 12.2. The first-order valence-electron chi connectivity index (χ1n) is 8.54. The Labute approximate surface area is 169 Å². The monoisotopic (exact) mass is 438 g/mol. The molecular weight excluding hydrogens is 415 g/mol. The van der Waals surface area contributed by atoms with E-state index in [1.165, 1.54) is 43.9 Å². The van der Waals surface area contributed by atoms with Crippen molar-refractivity contribution in [3.05, 3.63) is 28.2 Å². The maximum Gasteiger partial charge on any atom is 0.243 e. The molecule has 0 saturated heterocycles. The molecule has 1 atom stereocenters. The number of hydrogen-bond donors (Lipinski definition) is 1. The topological polar surface area (TPSA) is 66.5 Å². The fraction of sp³-hybridized carbons (Fsp3) is 0.588. The number of nitrogens with zero attached hydrogens (tertiary/aromatic N) is 1. The Morgan fingerprint density at radius 2 is 1.96 bits per heavy atom. The van der Waals surface area contributed by atoms with Crippen LogP contribution in [0.1, 0.15) is 32.6 Å². The standard InChI is InChI=1S/C17H24Cl2N2O3S2/c1-12(17(22)20-9-10-25-14-5-3-4-6-14)21(26(2,23)24)13-7-8-15(18)16(19)11-13/h7-8,11-12,14H,3-6,9-10H2,1-2H3,(H,20,22). The zero-order chi connectivity index (χ0) is 19.3. The molecular formula is C17H24Cl2N2O3S2. The normalized spacial score (nSPS) is 16.5. The molecule has 1 unspecified atom stereocenters. The highest BCUT2D eigenvalue weighted by molar-refractivity contribution is 7.99. The number of thioether (sulfide) groups is 1. The summed E-state index contributed by atoms with van der Waals surface area (Å²) in [6, 6.07) is 3.61. The average molecular weight is 439 g/mol. The SMILES string of the molecule is CC(C(=O)NCCSC1CCCC1)N(c1ccc(Cl)c(Cl)c1)S(C)(=O)=O. The predicted octanol–water partition coefficient (Wildman–Crippen LogP) is 3.94. The average Bonchev–Trinajstić information content (AvgIpc) is 3.07. The van der Waals surface area contributed by atoms with Crippen LogP contribution in [0.15, 0.2) is 18.2 Å². The zero-order valence-corrected chi connectivity index (χ0v) is 18.0. The third-order valence-corrected chi connectivity index (χ3v) is 7.67. The lowest BCUT2D eigenvalue weighted by molar-refractivity contribution is -0.121. The van der Waals surface area contributed by atoms with Crippen molar-refractivity contribution in [2.45, 2.75) is 43.9 Å². The molecule has 1 amide bonds. The zero-order valence-electron chi connectivity index (χ0n) is 14.9. The van der Waals surface area contributed by atoms with E-state index >= 15 is 0 Å². The second-order valence-electron chi connectivity index (χ2n) is 6.40. The summed E-state index contributed by atoms with van der Waals surface area (Å²) in [7, 11) is -3.67. The minimum Gasteiger partial charge on any atom is -0.353 e. The van der Waals surface area contributed by atoms with Gasteiger partial charge in [0.05, 0.1) is 22.0 Å². The maximum atomic E-state index is 12.5. The summed E-state index contributed by atoms with van der Waals surface area (Å²) in [4.78, 5) is 12.5. The van der Waals surface area contributed by atoms with Crippen molar-refractivity contribution in [2.75, 3.05) is 22.9 Å². The second kappa shape index (κ2) is 9.53. The molecule has 1 saturated carbocycles. The van der Waals surface area contributed by atoms with Crippen molar-refractivity contribution in [3.63, 3.8) is 0 Å². The number of nitrogens with one attached hydrogen (secondary N) is 1. The highest BCUT2D eigenvalue weighted by Gasteiger charge is 2.29. The van der Waals surface area contributed by atoms with Crippen LogP contribution < -0.4 is 9.62 Å². The van der Waals surface area contributed by atoms with Crippen LogP contribution in [0.2, 0.25) is 10.0 Å². The van der Waals surface area contributed by atoms with Gasteiger partial charge in [0.1, 0.15) is 6.04 Å². The second-order valence-corrected chi connectivity index (χ2v) is 10.5. The molecule has 1 aromatic carbocycles. The molecule has 5 nitrogen and oxygen atoms in total. The van der Waals surface area contributed by atoms with Crippen molar-refractivity contribution in [1.82, 2.24) is 5.32 Å². The van der Waals surface area contributed by atoms with Gasteiger partial charge < -0.3 is 5.32 Å². The van der Waals surface area contributed by atoms with E-state index in [1.54, 1.807) is 6.92 Å². The van der Waals surface area contributed by atoms with Gasteiger partial charge in [-0.15, -0.1) is 0 Å². The van der Waals surface area contributed by atoms with Gasteiger partial charge in [0.2, 0.25) is 15.9 Å². The number of carbonyl (C=O) groups is 1. The number of hydrogen-bond acceptors (Lipinski definition) is 4. The van der Waals surface area contributed by atoms with Gasteiger partial charge in [-0.25, -0.2) is 8.42 Å². The van der Waals surface area contributed by atoms with Crippen LogP contribution in [0.5, 0.6) is 0 Å². The van der Waals surface area contributed by atoms with Crippen LogP contribution in [0, 0.1) is 0 Å². The van der Waals surface area contributed by atoms with Gasteiger partial charge in [0.15, 0.2) is 0 Å². The van der Waals surface area contributed by atoms with Gasteiger partial charge in [0, 0.05) is 17.5 Å². The molecule has 2 rings (SSSR count). The van der Waals surface area contributed by atoms with Crippen LogP contribution in [0.3, 0.4) is 0 Å². The third-order valence-electron chi connectivity index (χ3n) is 4.30. The molecule has 0 spiro atoms. The van der Waals surface area contributed by atoms with Crippen LogP contribution in [0.25, 0.3) is 0 Å². The highest BCUT2D eigenvalue weighted by Crippen LogP contribution is 2.30. The summed E-state index contributed by atoms with van der Waals surface area (Å²) in [5, 5.41) is 4.08. The summed E-state index contributed by atoms with van der Waals surface area (Å²) in [5.41, 5.74) is 0.310. The molecule has 1 aliphatic carbocycles. The smallest absolute Gasteiger partial charge is 0.243 e. The molecule has 146 valence electrons. The van der Waals surface area contributed by atoms with Crippen LogP contribution in [0.4, 0.5) is 5.69 Å². The lowest BCUT2D eigenvalue weighted by atomic mass is 10.2. The number of amides is 1. The summed E-state index contributed by atoms with van der Waals surface area (Å²) in [5.74, 6) is 0.489. The number of benzene rings is 1. The molecule has 26 heavy (non-hydrogen) atoms. The maximum absolute atomic E-state index is 12.5. The number of anilines is 1. The Bertz CT molecular complexity index is 738. The summed E-state index contributed by atoms with van der Waals surface area (Å²) < 4.78 is 25.6. The van der Waals surface area contributed by atoms with Gasteiger partial charge in [-0.05, 0) is 38.0 Å². The summed E-state index contributed by atoms with van der Waals surface area (Å²) in [6.45, 7) is 2.08. The molecule has 0 heterocycles. The Morgan fingerprint density at radius 3 is 2.54 bits per heavy atom. The van der Waals surface area contributed by atoms with Gasteiger partial charge in [0.25, 0.3) is 0 Å². The molecule has 1 aromatic rings. The van der Waals surface area contributed by atoms with Crippen molar-refractivity contribution in [3.8, 4) is 0 Å². The molecule has 0 aromatic heterocycles. The quantitative estimate of drug-likeness (QED) is 0.624. The number of halogens is 2. The van der Waals surface area contributed by atoms with Crippen molar-refractivity contribution < 1.29 is 13.2 Å². The van der Waals surface area contributed by atoms with Crippen LogP contribution in [-0.2, 0) is 14.8 Å². The molecule has 0 aliphatic heterocycles. The molecule has 0 bridgehead atoms. The van der Waals surface area contributed by atoms with Crippen molar-refractivity contribution >= 4 is 56.6 Å². The van der Waals surface area contributed by atoms with E-state index in [1.807, 2.05) is 11.8 Å². The van der Waals surface area contributed by atoms with Gasteiger partial charge in [-0.3, -0.25) is 9.10 Å². The fourth-order valence-electron chi connectivity index (χ4n) is 3.03. The van der Waals surface area contributed by atoms with E-state index in [9.17, 15) is 13.2 Å². The van der Waals surface area contributed by atoms with E-state index in [0.717, 1.165) is 16.3 Å². The number of sulfonamides is 1. The first kappa shape index (κ1) is 21.7. The molecule has 1 fully saturated rings. The van der Waals surface area contributed by atoms with Crippen molar-refractivity contribution in [1.29, 1.82) is 0 Å². The molecule has 1 N–H and O–H groups in total. The van der Waals surface area contributed by atoms with Crippen LogP contribution in [-0.4, -0.2) is 44.2 Å². The third kappa shape index (κ3) is 5.94. The summed E-state index contributed by atoms with van der Waals surface area (Å²) in [6.07, 6.45) is 6.12. The number of rotatable bonds is 8. The Balaban J connectivity index is 2.00. The van der Waals surface area contributed by atoms with Gasteiger partial charge in [-0.1, -0.05) is 36.0 Å². The largest absolute Gasteiger partial charge is 0.353 e. The lowest BCUT2D eigenvalue weighted by Crippen LogP contribution is -2.48. The predicted molar refractivity (Wildman–Crippen MR) is 111 cm³/mol. The van der Waals surface area contributed by atoms with E-state index in [-0.39, 0.29) is 10.9 Å². The Kier molecular flexibility index (Phi) is 7.94. The van der Waals surface area contributed by atoms with Crippen molar-refractivity contribution in [2.24, 2.45) is 0 Å². The number of carbonyl (C=O) groups excluding carboxylic acids is 1. The van der Waals surface area contributed by atoms with Crippen LogP contribution >= 0.6 is 35.0 Å². The Hall–Kier alpha value is -0.630. The van der Waals surface area contributed by atoms with E-state index in [4.69, 9.17) is 23.2 Å².